The molecule has 1 amide bonds. The van der Waals surface area contributed by atoms with Crippen LogP contribution in [0.1, 0.15) is 18.1 Å². The van der Waals surface area contributed by atoms with Crippen LogP contribution in [0.4, 0.5) is 4.79 Å². The molecule has 0 unspecified atom stereocenters. The number of carbonyl (C=O) groups is 2. The number of hydrogen-bond donors (Lipinski definition) is 2. The number of ether oxygens (including phenoxy) is 2. The van der Waals surface area contributed by atoms with Crippen LogP contribution in [0.5, 0.6) is 0 Å². The predicted octanol–water partition coefficient (Wildman–Crippen LogP) is 3.46. The van der Waals surface area contributed by atoms with Crippen molar-refractivity contribution < 1.29 is 19.1 Å². The maximum absolute atomic E-state index is 12.5. The molecule has 3 aromatic rings. The van der Waals surface area contributed by atoms with Crippen molar-refractivity contribution in [1.82, 2.24) is 10.3 Å². The number of aromatic nitrogens is 1. The quantitative estimate of drug-likeness (QED) is 0.600. The summed E-state index contributed by atoms with van der Waals surface area (Å²) in [6, 6.07) is 17.7. The number of H-pyrrole nitrogens is 1. The average Bonchev–Trinajstić information content (AvgIpc) is 3.15. The van der Waals surface area contributed by atoms with Crippen LogP contribution >= 0.6 is 0 Å². The van der Waals surface area contributed by atoms with Crippen LogP contribution in [0.3, 0.4) is 0 Å². The van der Waals surface area contributed by atoms with Crippen LogP contribution < -0.4 is 5.32 Å². The van der Waals surface area contributed by atoms with E-state index in [1.807, 2.05) is 60.7 Å². The Morgan fingerprint density at radius 1 is 1.14 bits per heavy atom. The van der Waals surface area contributed by atoms with Crippen LogP contribution in [0, 0.1) is 11.3 Å². The van der Waals surface area contributed by atoms with Crippen LogP contribution in [0.25, 0.3) is 10.9 Å². The summed E-state index contributed by atoms with van der Waals surface area (Å²) >= 11 is 0. The third kappa shape index (κ3) is 5.36. The van der Waals surface area contributed by atoms with Gasteiger partial charge in [0, 0.05) is 23.5 Å². The third-order valence-corrected chi connectivity index (χ3v) is 4.36. The first kappa shape index (κ1) is 20.0. The molecule has 0 saturated carbocycles. The monoisotopic (exact) mass is 391 g/mol. The van der Waals surface area contributed by atoms with Gasteiger partial charge in [0.25, 0.3) is 0 Å². The minimum absolute atomic E-state index is 0.0795. The lowest BCUT2D eigenvalue weighted by atomic mass is 10.1. The number of nitriles is 1. The highest BCUT2D eigenvalue weighted by atomic mass is 16.6. The van der Waals surface area contributed by atoms with Gasteiger partial charge in [-0.2, -0.15) is 5.26 Å². The number of esters is 1. The zero-order valence-corrected chi connectivity index (χ0v) is 15.9. The molecule has 0 aliphatic carbocycles. The normalized spacial score (nSPS) is 12.6. The summed E-state index contributed by atoms with van der Waals surface area (Å²) < 4.78 is 10.3. The zero-order valence-electron chi connectivity index (χ0n) is 15.9. The largest absolute Gasteiger partial charge is 0.446 e. The Hall–Kier alpha value is -3.79. The molecule has 2 atom stereocenters. The standard InChI is InChI=1S/C22H21N3O4/c1-15(12-23)29-21(26)20(11-17-13-24-19-10-6-5-9-18(17)19)25-22(27)28-14-16-7-3-2-4-8-16/h2-10,13,15,20,24H,11,14H2,1H3,(H,25,27)/t15-,20+/m1/s1. The van der Waals surface area contributed by atoms with Crippen molar-refractivity contribution in [1.29, 1.82) is 5.26 Å². The molecule has 3 rings (SSSR count). The lowest BCUT2D eigenvalue weighted by molar-refractivity contribution is -0.148. The topological polar surface area (TPSA) is 104 Å². The second kappa shape index (κ2) is 9.42. The Bertz CT molecular complexity index is 1020. The summed E-state index contributed by atoms with van der Waals surface area (Å²) in [4.78, 5) is 27.9. The second-order valence-electron chi connectivity index (χ2n) is 6.53. The summed E-state index contributed by atoms with van der Waals surface area (Å²) in [6.07, 6.45) is 0.326. The number of fused-ring (bicyclic) bond motifs is 1. The number of alkyl carbamates (subject to hydrolysis) is 1. The molecule has 0 aliphatic rings. The maximum Gasteiger partial charge on any atom is 0.408 e. The highest BCUT2D eigenvalue weighted by molar-refractivity contribution is 5.86. The van der Waals surface area contributed by atoms with E-state index in [-0.39, 0.29) is 13.0 Å². The molecule has 29 heavy (non-hydrogen) atoms. The fourth-order valence-electron chi connectivity index (χ4n) is 2.90. The van der Waals surface area contributed by atoms with Crippen molar-refractivity contribution >= 4 is 23.0 Å². The van der Waals surface area contributed by atoms with Crippen molar-refractivity contribution in [2.75, 3.05) is 0 Å². The molecule has 0 fully saturated rings. The highest BCUT2D eigenvalue weighted by Crippen LogP contribution is 2.19. The van der Waals surface area contributed by atoms with E-state index < -0.39 is 24.2 Å². The number of carbonyl (C=O) groups excluding carboxylic acids is 2. The molecule has 0 aliphatic heterocycles. The van der Waals surface area contributed by atoms with Crippen molar-refractivity contribution in [2.45, 2.75) is 32.1 Å². The number of nitrogens with zero attached hydrogens (tertiary/aromatic N) is 1. The lowest BCUT2D eigenvalue weighted by Crippen LogP contribution is -2.44. The van der Waals surface area contributed by atoms with Crippen molar-refractivity contribution in [2.24, 2.45) is 0 Å². The Morgan fingerprint density at radius 2 is 1.86 bits per heavy atom. The van der Waals surface area contributed by atoms with Gasteiger partial charge in [-0.1, -0.05) is 48.5 Å². The third-order valence-electron chi connectivity index (χ3n) is 4.36. The summed E-state index contributed by atoms with van der Waals surface area (Å²) in [7, 11) is 0. The van der Waals surface area contributed by atoms with Crippen LogP contribution in [-0.4, -0.2) is 29.2 Å². The van der Waals surface area contributed by atoms with Crippen LogP contribution in [0.2, 0.25) is 0 Å². The van der Waals surface area contributed by atoms with E-state index in [0.717, 1.165) is 22.0 Å². The minimum atomic E-state index is -0.992. The summed E-state index contributed by atoms with van der Waals surface area (Å²) in [5.74, 6) is -0.694. The van der Waals surface area contributed by atoms with Gasteiger partial charge in [0.1, 0.15) is 18.7 Å². The first-order valence-electron chi connectivity index (χ1n) is 9.19. The number of benzene rings is 2. The van der Waals surface area contributed by atoms with E-state index >= 15 is 0 Å². The Morgan fingerprint density at radius 3 is 2.62 bits per heavy atom. The van der Waals surface area contributed by atoms with Gasteiger partial charge in [-0.05, 0) is 24.1 Å². The van der Waals surface area contributed by atoms with E-state index in [9.17, 15) is 9.59 Å². The van der Waals surface area contributed by atoms with Crippen LogP contribution in [0.15, 0.2) is 60.8 Å². The van der Waals surface area contributed by atoms with Crippen LogP contribution in [-0.2, 0) is 27.3 Å². The van der Waals surface area contributed by atoms with Gasteiger partial charge in [0.15, 0.2) is 6.10 Å². The van der Waals surface area contributed by atoms with E-state index in [2.05, 4.69) is 10.3 Å². The fraction of sp³-hybridized carbons (Fsp3) is 0.227. The molecule has 0 spiro atoms. The highest BCUT2D eigenvalue weighted by Gasteiger charge is 2.26. The molecule has 7 heteroatoms. The second-order valence-corrected chi connectivity index (χ2v) is 6.53. The maximum atomic E-state index is 12.5. The van der Waals surface area contributed by atoms with Gasteiger partial charge in [-0.25, -0.2) is 9.59 Å². The molecule has 2 N–H and O–H groups in total. The number of aromatic amines is 1. The molecule has 1 aromatic heterocycles. The fourth-order valence-corrected chi connectivity index (χ4v) is 2.90. The van der Waals surface area contributed by atoms with Gasteiger partial charge < -0.3 is 19.8 Å². The molecule has 0 radical (unpaired) electrons. The van der Waals surface area contributed by atoms with Gasteiger partial charge in [-0.3, -0.25) is 0 Å². The number of amides is 1. The summed E-state index contributed by atoms with van der Waals surface area (Å²) in [5.41, 5.74) is 2.60. The number of hydrogen-bond acceptors (Lipinski definition) is 5. The Balaban J connectivity index is 1.71. The SMILES string of the molecule is C[C@H](C#N)OC(=O)[C@H](Cc1c[nH]c2ccccc12)NC(=O)OCc1ccccc1. The molecule has 0 bridgehead atoms. The average molecular weight is 391 g/mol. The van der Waals surface area contributed by atoms with E-state index in [1.165, 1.54) is 6.92 Å². The first-order chi connectivity index (χ1) is 14.1. The molecule has 148 valence electrons. The molecular weight excluding hydrogens is 370 g/mol. The summed E-state index contributed by atoms with van der Waals surface area (Å²) in [6.45, 7) is 1.55. The van der Waals surface area contributed by atoms with E-state index in [1.54, 1.807) is 6.20 Å². The molecule has 1 heterocycles. The smallest absolute Gasteiger partial charge is 0.408 e. The molecule has 7 nitrogen and oxygen atoms in total. The van der Waals surface area contributed by atoms with Gasteiger partial charge in [0.05, 0.1) is 0 Å². The molecular formula is C22H21N3O4. The number of para-hydroxylation sites is 1. The lowest BCUT2D eigenvalue weighted by Gasteiger charge is -2.18. The Labute approximate surface area is 168 Å². The van der Waals surface area contributed by atoms with Crippen molar-refractivity contribution in [3.63, 3.8) is 0 Å². The van der Waals surface area contributed by atoms with E-state index in [4.69, 9.17) is 14.7 Å². The van der Waals surface area contributed by atoms with Gasteiger partial charge in [-0.15, -0.1) is 0 Å². The van der Waals surface area contributed by atoms with Gasteiger partial charge in [0.2, 0.25) is 0 Å². The van der Waals surface area contributed by atoms with Gasteiger partial charge >= 0.3 is 12.1 Å². The number of rotatable bonds is 7. The van der Waals surface area contributed by atoms with Crippen molar-refractivity contribution in [3.8, 4) is 6.07 Å². The number of nitrogens with one attached hydrogen (secondary N) is 2. The summed E-state index contributed by atoms with van der Waals surface area (Å²) in [5, 5.41) is 12.4. The minimum Gasteiger partial charge on any atom is -0.446 e. The zero-order chi connectivity index (χ0) is 20.6. The predicted molar refractivity (Wildman–Crippen MR) is 107 cm³/mol. The first-order valence-corrected chi connectivity index (χ1v) is 9.19. The molecule has 2 aromatic carbocycles. The van der Waals surface area contributed by atoms with E-state index in [0.29, 0.717) is 0 Å². The van der Waals surface area contributed by atoms with Crippen molar-refractivity contribution in [3.05, 3.63) is 71.9 Å². The molecule has 0 saturated heterocycles. The Kier molecular flexibility index (Phi) is 6.48.